The van der Waals surface area contributed by atoms with E-state index in [1.807, 2.05) is 0 Å². The van der Waals surface area contributed by atoms with E-state index in [1.54, 1.807) is 43.1 Å². The highest BCUT2D eigenvalue weighted by molar-refractivity contribution is 5.47. The Morgan fingerprint density at radius 1 is 1.05 bits per heavy atom. The summed E-state index contributed by atoms with van der Waals surface area (Å²) < 4.78 is 0. The van der Waals surface area contributed by atoms with E-state index in [4.69, 9.17) is 5.73 Å². The zero-order chi connectivity index (χ0) is 15.6. The summed E-state index contributed by atoms with van der Waals surface area (Å²) in [6.45, 7) is 0.316. The van der Waals surface area contributed by atoms with E-state index in [0.29, 0.717) is 24.0 Å². The molecule has 21 heavy (non-hydrogen) atoms. The maximum atomic E-state index is 9.83. The molecule has 1 heterocycles. The summed E-state index contributed by atoms with van der Waals surface area (Å²) in [6.07, 6.45) is 0. The third kappa shape index (κ3) is 3.22. The molecule has 8 nitrogen and oxygen atoms in total. The Morgan fingerprint density at radius 2 is 1.71 bits per heavy atom. The van der Waals surface area contributed by atoms with Crippen molar-refractivity contribution in [1.82, 2.24) is 15.0 Å². The molecule has 0 atom stereocenters. The summed E-state index contributed by atoms with van der Waals surface area (Å²) in [5.41, 5.74) is 6.24. The maximum absolute atomic E-state index is 9.83. The number of benzene rings is 1. The second-order valence-corrected chi connectivity index (χ2v) is 4.83. The van der Waals surface area contributed by atoms with Gasteiger partial charge in [0.25, 0.3) is 0 Å². The van der Waals surface area contributed by atoms with Gasteiger partial charge in [0.2, 0.25) is 17.8 Å². The molecule has 0 bridgehead atoms. The molecular formula is C13H18N6O2. The monoisotopic (exact) mass is 290 g/mol. The van der Waals surface area contributed by atoms with Gasteiger partial charge in [-0.3, -0.25) is 0 Å². The van der Waals surface area contributed by atoms with Crippen molar-refractivity contribution in [3.05, 3.63) is 23.8 Å². The molecule has 2 rings (SSSR count). The SMILES string of the molecule is CN(C)c1nc(N)nc(N(C)Cc2cccc(O)c2O)n1. The van der Waals surface area contributed by atoms with E-state index < -0.39 is 0 Å². The molecular weight excluding hydrogens is 272 g/mol. The Morgan fingerprint density at radius 3 is 2.38 bits per heavy atom. The van der Waals surface area contributed by atoms with Crippen LogP contribution in [0.4, 0.5) is 17.8 Å². The first-order valence-corrected chi connectivity index (χ1v) is 6.28. The number of phenolic OH excluding ortho intramolecular Hbond substituents is 2. The number of nitrogens with zero attached hydrogens (tertiary/aromatic N) is 5. The number of nitrogen functional groups attached to an aromatic ring is 1. The van der Waals surface area contributed by atoms with Crippen LogP contribution in [-0.4, -0.2) is 46.3 Å². The first-order chi connectivity index (χ1) is 9.88. The van der Waals surface area contributed by atoms with Crippen LogP contribution in [0.25, 0.3) is 0 Å². The number of rotatable bonds is 4. The normalized spacial score (nSPS) is 10.4. The highest BCUT2D eigenvalue weighted by Gasteiger charge is 2.13. The zero-order valence-corrected chi connectivity index (χ0v) is 12.1. The van der Waals surface area contributed by atoms with E-state index in [2.05, 4.69) is 15.0 Å². The number of anilines is 3. The fourth-order valence-electron chi connectivity index (χ4n) is 1.77. The molecule has 0 fully saturated rings. The second-order valence-electron chi connectivity index (χ2n) is 4.83. The molecule has 0 saturated carbocycles. The Hall–Kier alpha value is -2.77. The molecule has 0 aliphatic carbocycles. The number of aromatic nitrogens is 3. The van der Waals surface area contributed by atoms with E-state index in [9.17, 15) is 10.2 Å². The van der Waals surface area contributed by atoms with Crippen molar-refractivity contribution in [3.63, 3.8) is 0 Å². The Labute approximate surface area is 122 Å². The zero-order valence-electron chi connectivity index (χ0n) is 12.1. The summed E-state index contributed by atoms with van der Waals surface area (Å²) in [5.74, 6) is 0.637. The summed E-state index contributed by atoms with van der Waals surface area (Å²) in [5, 5.41) is 19.3. The van der Waals surface area contributed by atoms with Gasteiger partial charge in [0.15, 0.2) is 11.5 Å². The third-order valence-electron chi connectivity index (χ3n) is 2.88. The van der Waals surface area contributed by atoms with Gasteiger partial charge in [0, 0.05) is 33.3 Å². The number of para-hydroxylation sites is 1. The molecule has 0 aliphatic heterocycles. The predicted octanol–water partition coefficient (Wildman–Crippen LogP) is 0.567. The van der Waals surface area contributed by atoms with Crippen LogP contribution in [0.3, 0.4) is 0 Å². The molecule has 0 radical (unpaired) electrons. The lowest BCUT2D eigenvalue weighted by Gasteiger charge is -2.19. The average molecular weight is 290 g/mol. The molecule has 112 valence electrons. The fourth-order valence-corrected chi connectivity index (χ4v) is 1.77. The van der Waals surface area contributed by atoms with Crippen molar-refractivity contribution in [1.29, 1.82) is 0 Å². The third-order valence-corrected chi connectivity index (χ3v) is 2.88. The van der Waals surface area contributed by atoms with Crippen LogP contribution in [0.5, 0.6) is 11.5 Å². The van der Waals surface area contributed by atoms with Gasteiger partial charge in [0.1, 0.15) is 0 Å². The predicted molar refractivity (Wildman–Crippen MR) is 80.4 cm³/mol. The van der Waals surface area contributed by atoms with Gasteiger partial charge in [-0.15, -0.1) is 0 Å². The summed E-state index contributed by atoms with van der Waals surface area (Å²) in [6, 6.07) is 4.79. The van der Waals surface area contributed by atoms with E-state index in [1.165, 1.54) is 6.07 Å². The highest BCUT2D eigenvalue weighted by Crippen LogP contribution is 2.29. The van der Waals surface area contributed by atoms with Crippen LogP contribution >= 0.6 is 0 Å². The van der Waals surface area contributed by atoms with E-state index in [0.717, 1.165) is 0 Å². The standard InChI is InChI=1S/C13H18N6O2/c1-18(2)12-15-11(14)16-13(17-12)19(3)7-8-5-4-6-9(20)10(8)21/h4-6,20-21H,7H2,1-3H3,(H2,14,15,16,17). The van der Waals surface area contributed by atoms with Crippen molar-refractivity contribution < 1.29 is 10.2 Å². The van der Waals surface area contributed by atoms with Crippen LogP contribution < -0.4 is 15.5 Å². The minimum absolute atomic E-state index is 0.121. The fraction of sp³-hybridized carbons (Fsp3) is 0.308. The molecule has 1 aromatic heterocycles. The van der Waals surface area contributed by atoms with Crippen molar-refractivity contribution in [2.75, 3.05) is 36.7 Å². The first kappa shape index (κ1) is 14.6. The average Bonchev–Trinajstić information content (AvgIpc) is 2.43. The summed E-state index contributed by atoms with van der Waals surface area (Å²) in [7, 11) is 5.37. The van der Waals surface area contributed by atoms with Gasteiger partial charge >= 0.3 is 0 Å². The Balaban J connectivity index is 2.28. The molecule has 1 aromatic carbocycles. The van der Waals surface area contributed by atoms with E-state index in [-0.39, 0.29) is 17.4 Å². The smallest absolute Gasteiger partial charge is 0.232 e. The minimum Gasteiger partial charge on any atom is -0.504 e. The van der Waals surface area contributed by atoms with Gasteiger partial charge in [-0.05, 0) is 6.07 Å². The topological polar surface area (TPSA) is 112 Å². The molecule has 0 unspecified atom stereocenters. The lowest BCUT2D eigenvalue weighted by atomic mass is 10.2. The van der Waals surface area contributed by atoms with Crippen LogP contribution in [0.15, 0.2) is 18.2 Å². The van der Waals surface area contributed by atoms with Crippen LogP contribution in [0.1, 0.15) is 5.56 Å². The maximum Gasteiger partial charge on any atom is 0.232 e. The van der Waals surface area contributed by atoms with Gasteiger partial charge < -0.3 is 25.7 Å². The minimum atomic E-state index is -0.162. The Kier molecular flexibility index (Phi) is 3.97. The molecule has 8 heteroatoms. The molecule has 2 aromatic rings. The molecule has 0 amide bonds. The Bertz CT molecular complexity index is 647. The van der Waals surface area contributed by atoms with Crippen molar-refractivity contribution in [2.45, 2.75) is 6.54 Å². The number of aromatic hydroxyl groups is 2. The van der Waals surface area contributed by atoms with Crippen molar-refractivity contribution in [2.24, 2.45) is 0 Å². The van der Waals surface area contributed by atoms with Crippen LogP contribution in [-0.2, 0) is 6.54 Å². The van der Waals surface area contributed by atoms with Gasteiger partial charge in [0.05, 0.1) is 0 Å². The largest absolute Gasteiger partial charge is 0.504 e. The highest BCUT2D eigenvalue weighted by atomic mass is 16.3. The van der Waals surface area contributed by atoms with Gasteiger partial charge in [-0.1, -0.05) is 12.1 Å². The van der Waals surface area contributed by atoms with Crippen LogP contribution in [0.2, 0.25) is 0 Å². The molecule has 0 aliphatic rings. The summed E-state index contributed by atoms with van der Waals surface area (Å²) in [4.78, 5) is 15.8. The summed E-state index contributed by atoms with van der Waals surface area (Å²) >= 11 is 0. The first-order valence-electron chi connectivity index (χ1n) is 6.28. The van der Waals surface area contributed by atoms with Crippen LogP contribution in [0, 0.1) is 0 Å². The quantitative estimate of drug-likeness (QED) is 0.701. The molecule has 4 N–H and O–H groups in total. The second kappa shape index (κ2) is 5.70. The lowest BCUT2D eigenvalue weighted by molar-refractivity contribution is 0.399. The van der Waals surface area contributed by atoms with Crippen molar-refractivity contribution in [3.8, 4) is 11.5 Å². The number of nitrogens with two attached hydrogens (primary N) is 1. The molecule has 0 saturated heterocycles. The number of hydrogen-bond acceptors (Lipinski definition) is 8. The molecule has 0 spiro atoms. The number of hydrogen-bond donors (Lipinski definition) is 3. The number of phenols is 2. The van der Waals surface area contributed by atoms with Gasteiger partial charge in [-0.2, -0.15) is 15.0 Å². The van der Waals surface area contributed by atoms with E-state index >= 15 is 0 Å². The van der Waals surface area contributed by atoms with Gasteiger partial charge in [-0.25, -0.2) is 0 Å². The lowest BCUT2D eigenvalue weighted by Crippen LogP contribution is -2.22. The van der Waals surface area contributed by atoms with Crippen molar-refractivity contribution >= 4 is 17.8 Å².